The van der Waals surface area contributed by atoms with E-state index in [0.29, 0.717) is 6.42 Å². The van der Waals surface area contributed by atoms with Crippen LogP contribution < -0.4 is 15.1 Å². The van der Waals surface area contributed by atoms with E-state index in [1.165, 1.54) is 18.5 Å². The number of anilines is 3. The fourth-order valence-electron chi connectivity index (χ4n) is 3.64. The highest BCUT2D eigenvalue weighted by Gasteiger charge is 2.19. The summed E-state index contributed by atoms with van der Waals surface area (Å²) in [6.45, 7) is 5.37. The monoisotopic (exact) mass is 371 g/mol. The molecule has 2 saturated heterocycles. The van der Waals surface area contributed by atoms with Crippen molar-refractivity contribution in [1.82, 2.24) is 0 Å². The number of carbonyl (C=O) groups excluding carboxylic acids is 1. The molecule has 1 aromatic heterocycles. The molecule has 6 heteroatoms. The van der Waals surface area contributed by atoms with E-state index in [1.807, 2.05) is 17.5 Å². The SMILES string of the molecule is O=C(Cc1cccs1)Nc1cc(N2CCCC2)ccc1N1CCOCC1. The number of nitrogens with zero attached hydrogens (tertiary/aromatic N) is 2. The first-order valence-electron chi connectivity index (χ1n) is 9.33. The zero-order valence-electron chi connectivity index (χ0n) is 14.9. The first-order valence-corrected chi connectivity index (χ1v) is 10.2. The number of carbonyl (C=O) groups is 1. The summed E-state index contributed by atoms with van der Waals surface area (Å²) in [6, 6.07) is 10.5. The van der Waals surface area contributed by atoms with Crippen molar-refractivity contribution in [2.24, 2.45) is 0 Å². The molecular formula is C20H25N3O2S. The van der Waals surface area contributed by atoms with Crippen LogP contribution in [0.5, 0.6) is 0 Å². The Bertz CT molecular complexity index is 736. The van der Waals surface area contributed by atoms with E-state index in [1.54, 1.807) is 11.3 Å². The van der Waals surface area contributed by atoms with Crippen molar-refractivity contribution in [1.29, 1.82) is 0 Å². The second-order valence-corrected chi connectivity index (χ2v) is 7.83. The number of thiophene rings is 1. The average molecular weight is 372 g/mol. The maximum absolute atomic E-state index is 12.6. The molecule has 2 aromatic rings. The van der Waals surface area contributed by atoms with Gasteiger partial charge < -0.3 is 19.9 Å². The Morgan fingerprint density at radius 1 is 1.08 bits per heavy atom. The van der Waals surface area contributed by atoms with Gasteiger partial charge in [-0.2, -0.15) is 0 Å². The summed E-state index contributed by atoms with van der Waals surface area (Å²) in [4.78, 5) is 18.4. The zero-order valence-corrected chi connectivity index (χ0v) is 15.8. The highest BCUT2D eigenvalue weighted by atomic mass is 32.1. The normalized spacial score (nSPS) is 17.5. The van der Waals surface area contributed by atoms with Crippen LogP contribution in [-0.4, -0.2) is 45.3 Å². The Hall–Kier alpha value is -2.05. The number of hydrogen-bond donors (Lipinski definition) is 1. The van der Waals surface area contributed by atoms with Crippen LogP contribution in [0.2, 0.25) is 0 Å². The van der Waals surface area contributed by atoms with E-state index >= 15 is 0 Å². The maximum atomic E-state index is 12.6. The van der Waals surface area contributed by atoms with Crippen LogP contribution >= 0.6 is 11.3 Å². The first kappa shape index (κ1) is 17.4. The molecule has 2 aliphatic rings. The Morgan fingerprint density at radius 2 is 1.88 bits per heavy atom. The molecule has 4 rings (SSSR count). The molecule has 0 atom stereocenters. The minimum absolute atomic E-state index is 0.0422. The second-order valence-electron chi connectivity index (χ2n) is 6.80. The van der Waals surface area contributed by atoms with Crippen molar-refractivity contribution in [3.8, 4) is 0 Å². The predicted molar refractivity (Wildman–Crippen MR) is 108 cm³/mol. The summed E-state index contributed by atoms with van der Waals surface area (Å²) >= 11 is 1.62. The Kier molecular flexibility index (Phi) is 5.41. The number of hydrogen-bond acceptors (Lipinski definition) is 5. The van der Waals surface area contributed by atoms with Gasteiger partial charge in [0.1, 0.15) is 0 Å². The molecule has 2 fully saturated rings. The molecule has 5 nitrogen and oxygen atoms in total. The Labute approximate surface area is 158 Å². The van der Waals surface area contributed by atoms with Gasteiger partial charge in [-0.3, -0.25) is 4.79 Å². The smallest absolute Gasteiger partial charge is 0.229 e. The van der Waals surface area contributed by atoms with Crippen molar-refractivity contribution < 1.29 is 9.53 Å². The van der Waals surface area contributed by atoms with Crippen molar-refractivity contribution in [3.63, 3.8) is 0 Å². The lowest BCUT2D eigenvalue weighted by Gasteiger charge is -2.31. The van der Waals surface area contributed by atoms with Gasteiger partial charge in [-0.25, -0.2) is 0 Å². The zero-order chi connectivity index (χ0) is 17.8. The number of benzene rings is 1. The molecular weight excluding hydrogens is 346 g/mol. The molecule has 0 bridgehead atoms. The van der Waals surface area contributed by atoms with Gasteiger partial charge >= 0.3 is 0 Å². The quantitative estimate of drug-likeness (QED) is 0.875. The van der Waals surface area contributed by atoms with Crippen LogP contribution in [0.25, 0.3) is 0 Å². The van der Waals surface area contributed by atoms with Crippen LogP contribution in [0.3, 0.4) is 0 Å². The molecule has 0 saturated carbocycles. The summed E-state index contributed by atoms with van der Waals surface area (Å²) < 4.78 is 5.48. The number of nitrogens with one attached hydrogen (secondary N) is 1. The number of ether oxygens (including phenoxy) is 1. The van der Waals surface area contributed by atoms with Crippen LogP contribution in [0.15, 0.2) is 35.7 Å². The van der Waals surface area contributed by atoms with E-state index < -0.39 is 0 Å². The first-order chi connectivity index (χ1) is 12.8. The topological polar surface area (TPSA) is 44.8 Å². The van der Waals surface area contributed by atoms with Gasteiger partial charge in [0, 0.05) is 36.7 Å². The van der Waals surface area contributed by atoms with Crippen molar-refractivity contribution in [3.05, 3.63) is 40.6 Å². The van der Waals surface area contributed by atoms with Gasteiger partial charge in [0.2, 0.25) is 5.91 Å². The predicted octanol–water partition coefficient (Wildman–Crippen LogP) is 3.37. The molecule has 1 amide bonds. The summed E-state index contributed by atoms with van der Waals surface area (Å²) in [5, 5.41) is 5.18. The lowest BCUT2D eigenvalue weighted by atomic mass is 10.2. The van der Waals surface area contributed by atoms with E-state index in [9.17, 15) is 4.79 Å². The Morgan fingerprint density at radius 3 is 2.62 bits per heavy atom. The third-order valence-corrected chi connectivity index (χ3v) is 5.87. The van der Waals surface area contributed by atoms with Crippen molar-refractivity contribution in [2.45, 2.75) is 19.3 Å². The van der Waals surface area contributed by atoms with Gasteiger partial charge in [0.15, 0.2) is 0 Å². The molecule has 138 valence electrons. The average Bonchev–Trinajstić information content (AvgIpc) is 3.36. The fraction of sp³-hybridized carbons (Fsp3) is 0.450. The molecule has 1 aromatic carbocycles. The van der Waals surface area contributed by atoms with E-state index in [-0.39, 0.29) is 5.91 Å². The molecule has 26 heavy (non-hydrogen) atoms. The van der Waals surface area contributed by atoms with Crippen LogP contribution in [0.4, 0.5) is 17.1 Å². The summed E-state index contributed by atoms with van der Waals surface area (Å²) in [7, 11) is 0. The molecule has 3 heterocycles. The standard InChI is InChI=1S/C20H25N3O2S/c24-20(15-17-4-3-13-26-17)21-18-14-16(22-7-1-2-8-22)5-6-19(18)23-9-11-25-12-10-23/h3-6,13-14H,1-2,7-12,15H2,(H,21,24). The number of amides is 1. The minimum Gasteiger partial charge on any atom is -0.378 e. The van der Waals surface area contributed by atoms with Gasteiger partial charge in [0.25, 0.3) is 0 Å². The third-order valence-electron chi connectivity index (χ3n) is 4.99. The lowest BCUT2D eigenvalue weighted by Crippen LogP contribution is -2.37. The van der Waals surface area contributed by atoms with E-state index in [2.05, 4.69) is 33.3 Å². The largest absolute Gasteiger partial charge is 0.378 e. The summed E-state index contributed by atoms with van der Waals surface area (Å²) in [6.07, 6.45) is 2.91. The fourth-order valence-corrected chi connectivity index (χ4v) is 4.35. The van der Waals surface area contributed by atoms with Gasteiger partial charge in [0.05, 0.1) is 31.0 Å². The highest BCUT2D eigenvalue weighted by molar-refractivity contribution is 7.10. The highest BCUT2D eigenvalue weighted by Crippen LogP contribution is 2.33. The maximum Gasteiger partial charge on any atom is 0.229 e. The third kappa shape index (κ3) is 4.02. The van der Waals surface area contributed by atoms with Gasteiger partial charge in [-0.05, 0) is 42.5 Å². The van der Waals surface area contributed by atoms with Crippen molar-refractivity contribution >= 4 is 34.3 Å². The molecule has 1 N–H and O–H groups in total. The Balaban J connectivity index is 1.57. The summed E-state index contributed by atoms with van der Waals surface area (Å²) in [5.74, 6) is 0.0422. The minimum atomic E-state index is 0.0422. The molecule has 0 unspecified atom stereocenters. The van der Waals surface area contributed by atoms with Crippen LogP contribution in [0.1, 0.15) is 17.7 Å². The number of rotatable bonds is 5. The molecule has 0 aliphatic carbocycles. The second kappa shape index (κ2) is 8.10. The molecule has 2 aliphatic heterocycles. The van der Waals surface area contributed by atoms with Crippen molar-refractivity contribution in [2.75, 3.05) is 54.5 Å². The lowest BCUT2D eigenvalue weighted by molar-refractivity contribution is -0.115. The van der Waals surface area contributed by atoms with Crippen LogP contribution in [-0.2, 0) is 16.0 Å². The van der Waals surface area contributed by atoms with Gasteiger partial charge in [-0.1, -0.05) is 6.07 Å². The summed E-state index contributed by atoms with van der Waals surface area (Å²) in [5.41, 5.74) is 3.21. The molecule has 0 spiro atoms. The van der Waals surface area contributed by atoms with Gasteiger partial charge in [-0.15, -0.1) is 11.3 Å². The number of morpholine rings is 1. The van der Waals surface area contributed by atoms with E-state index in [0.717, 1.165) is 55.6 Å². The van der Waals surface area contributed by atoms with Crippen LogP contribution in [0, 0.1) is 0 Å². The van der Waals surface area contributed by atoms with E-state index in [4.69, 9.17) is 4.74 Å². The molecule has 0 radical (unpaired) electrons.